The van der Waals surface area contributed by atoms with Crippen molar-refractivity contribution in [3.8, 4) is 5.75 Å². The van der Waals surface area contributed by atoms with Gasteiger partial charge in [0.15, 0.2) is 0 Å². The van der Waals surface area contributed by atoms with Crippen LogP contribution in [0.15, 0.2) is 83.7 Å². The molecule has 1 N–H and O–H groups in total. The molecule has 0 unspecified atom stereocenters. The highest BCUT2D eigenvalue weighted by Crippen LogP contribution is 2.31. The first-order chi connectivity index (χ1) is 16.9. The first kappa shape index (κ1) is 24.0. The normalized spacial score (nSPS) is 12.7. The van der Waals surface area contributed by atoms with E-state index >= 15 is 0 Å². The number of anilines is 1. The van der Waals surface area contributed by atoms with Gasteiger partial charge in [0.25, 0.3) is 5.56 Å². The lowest BCUT2D eigenvalue weighted by Gasteiger charge is -2.34. The number of ether oxygens (including phenoxy) is 1. The van der Waals surface area contributed by atoms with E-state index in [1.807, 2.05) is 93.6 Å². The smallest absolute Gasteiger partial charge is 0.323 e. The highest BCUT2D eigenvalue weighted by molar-refractivity contribution is 5.91. The molecule has 0 aliphatic heterocycles. The van der Waals surface area contributed by atoms with Gasteiger partial charge in [0, 0.05) is 7.05 Å². The molecule has 2 atom stereocenters. The number of rotatable bonds is 7. The fourth-order valence-electron chi connectivity index (χ4n) is 4.32. The van der Waals surface area contributed by atoms with E-state index in [2.05, 4.69) is 10.3 Å². The summed E-state index contributed by atoms with van der Waals surface area (Å²) in [6.45, 7) is 6.16. The Kier molecular flexibility index (Phi) is 7.15. The highest BCUT2D eigenvalue weighted by atomic mass is 16.5. The third kappa shape index (κ3) is 4.89. The number of hydrogen-bond acceptors (Lipinski definition) is 4. The summed E-state index contributed by atoms with van der Waals surface area (Å²) in [6, 6.07) is 23.3. The van der Waals surface area contributed by atoms with Crippen LogP contribution in [0.4, 0.5) is 10.5 Å². The van der Waals surface area contributed by atoms with E-state index in [4.69, 9.17) is 4.74 Å². The molecule has 1 aromatic heterocycles. The van der Waals surface area contributed by atoms with Gasteiger partial charge in [-0.2, -0.15) is 0 Å². The van der Waals surface area contributed by atoms with Gasteiger partial charge in [-0.1, -0.05) is 54.6 Å². The second kappa shape index (κ2) is 10.4. The Morgan fingerprint density at radius 2 is 1.63 bits per heavy atom. The predicted octanol–water partition coefficient (Wildman–Crippen LogP) is 5.69. The van der Waals surface area contributed by atoms with E-state index in [1.165, 1.54) is 0 Å². The monoisotopic (exact) mass is 470 g/mol. The van der Waals surface area contributed by atoms with Crippen LogP contribution < -0.4 is 15.6 Å². The average molecular weight is 471 g/mol. The third-order valence-corrected chi connectivity index (χ3v) is 6.18. The van der Waals surface area contributed by atoms with Gasteiger partial charge >= 0.3 is 6.03 Å². The molecule has 0 aliphatic rings. The topological polar surface area (TPSA) is 76.5 Å². The molecule has 0 fully saturated rings. The summed E-state index contributed by atoms with van der Waals surface area (Å²) in [6.07, 6.45) is 0. The fraction of sp³-hybridized carbons (Fsp3) is 0.250. The molecule has 7 nitrogen and oxygen atoms in total. The molecule has 35 heavy (non-hydrogen) atoms. The molecule has 0 saturated heterocycles. The molecule has 0 spiro atoms. The Morgan fingerprint density at radius 3 is 2.37 bits per heavy atom. The zero-order chi connectivity index (χ0) is 24.9. The summed E-state index contributed by atoms with van der Waals surface area (Å²) in [5, 5.41) is 2.99. The summed E-state index contributed by atoms with van der Waals surface area (Å²) in [5.74, 6) is 0.586. The van der Waals surface area contributed by atoms with Gasteiger partial charge in [-0.3, -0.25) is 4.79 Å². The summed E-state index contributed by atoms with van der Waals surface area (Å²) in [5.41, 5.74) is 3.03. The van der Waals surface area contributed by atoms with Crippen molar-refractivity contribution in [3.63, 3.8) is 0 Å². The molecule has 180 valence electrons. The van der Waals surface area contributed by atoms with Gasteiger partial charge in [0.1, 0.15) is 11.4 Å². The van der Waals surface area contributed by atoms with Crippen molar-refractivity contribution < 1.29 is 9.53 Å². The molecular formula is C28H30N4O3. The van der Waals surface area contributed by atoms with Crippen LogP contribution in [-0.2, 0) is 7.05 Å². The number of nitrogens with zero attached hydrogens (tertiary/aromatic N) is 3. The van der Waals surface area contributed by atoms with Crippen LogP contribution in [0.5, 0.6) is 5.75 Å². The predicted molar refractivity (Wildman–Crippen MR) is 139 cm³/mol. The summed E-state index contributed by atoms with van der Waals surface area (Å²) in [4.78, 5) is 33.5. The zero-order valence-corrected chi connectivity index (χ0v) is 20.4. The number of carbonyl (C=O) groups is 1. The Hall–Kier alpha value is -4.13. The maximum Gasteiger partial charge on any atom is 0.323 e. The molecule has 1 heterocycles. The highest BCUT2D eigenvalue weighted by Gasteiger charge is 2.31. The van der Waals surface area contributed by atoms with E-state index in [0.29, 0.717) is 29.3 Å². The molecule has 3 aromatic carbocycles. The SMILES string of the molecule is CCOc1ccccc1NC(=O)N([C@@H](C)c1ccccc1)[C@@H](C)c1nc2ccccc2n(C)c1=O. The second-order valence-corrected chi connectivity index (χ2v) is 8.38. The van der Waals surface area contributed by atoms with Gasteiger partial charge in [-0.05, 0) is 50.6 Å². The lowest BCUT2D eigenvalue weighted by atomic mass is 10.0. The number of aryl methyl sites for hydroxylation is 1. The molecule has 0 aliphatic carbocycles. The number of urea groups is 1. The van der Waals surface area contributed by atoms with E-state index in [9.17, 15) is 9.59 Å². The standard InChI is InChI=1S/C28H30N4O3/c1-5-35-25-18-12-10-16-23(25)30-28(34)32(19(2)21-13-7-6-8-14-21)20(3)26-27(33)31(4)24-17-11-9-15-22(24)29-26/h6-20H,5H2,1-4H3,(H,30,34)/t19-,20-/m0/s1. The zero-order valence-electron chi connectivity index (χ0n) is 20.4. The van der Waals surface area contributed by atoms with Crippen LogP contribution >= 0.6 is 0 Å². The Bertz CT molecular complexity index is 1380. The van der Waals surface area contributed by atoms with Gasteiger partial charge in [-0.15, -0.1) is 0 Å². The Morgan fingerprint density at radius 1 is 0.971 bits per heavy atom. The molecule has 0 radical (unpaired) electrons. The number of para-hydroxylation sites is 4. The summed E-state index contributed by atoms with van der Waals surface area (Å²) in [7, 11) is 1.73. The van der Waals surface area contributed by atoms with E-state index in [0.717, 1.165) is 11.1 Å². The van der Waals surface area contributed by atoms with Crippen LogP contribution in [0.2, 0.25) is 0 Å². The lowest BCUT2D eigenvalue weighted by Crippen LogP contribution is -2.42. The van der Waals surface area contributed by atoms with Crippen LogP contribution in [0.25, 0.3) is 11.0 Å². The number of aromatic nitrogens is 2. The number of carbonyl (C=O) groups excluding carboxylic acids is 1. The number of nitrogens with one attached hydrogen (secondary N) is 1. The Labute approximate surface area is 205 Å². The average Bonchev–Trinajstić information content (AvgIpc) is 2.88. The quantitative estimate of drug-likeness (QED) is 0.377. The van der Waals surface area contributed by atoms with Crippen LogP contribution in [-0.4, -0.2) is 27.1 Å². The second-order valence-electron chi connectivity index (χ2n) is 8.38. The molecular weight excluding hydrogens is 440 g/mol. The van der Waals surface area contributed by atoms with Crippen molar-refractivity contribution in [1.82, 2.24) is 14.5 Å². The van der Waals surface area contributed by atoms with Crippen LogP contribution in [0, 0.1) is 0 Å². The maximum absolute atomic E-state index is 13.8. The van der Waals surface area contributed by atoms with Gasteiger partial charge < -0.3 is 19.5 Å². The lowest BCUT2D eigenvalue weighted by molar-refractivity contribution is 0.165. The van der Waals surface area contributed by atoms with Crippen molar-refractivity contribution in [2.24, 2.45) is 7.05 Å². The van der Waals surface area contributed by atoms with Gasteiger partial charge in [-0.25, -0.2) is 9.78 Å². The number of amides is 2. The summed E-state index contributed by atoms with van der Waals surface area (Å²) < 4.78 is 7.28. The van der Waals surface area contributed by atoms with Crippen molar-refractivity contribution in [2.45, 2.75) is 32.9 Å². The van der Waals surface area contributed by atoms with Gasteiger partial charge in [0.2, 0.25) is 0 Å². The first-order valence-electron chi connectivity index (χ1n) is 11.7. The Balaban J connectivity index is 1.78. The minimum absolute atomic E-state index is 0.232. The number of benzene rings is 3. The molecule has 4 rings (SSSR count). The molecule has 0 bridgehead atoms. The summed E-state index contributed by atoms with van der Waals surface area (Å²) >= 11 is 0. The molecule has 0 saturated carbocycles. The van der Waals surface area contributed by atoms with E-state index in [1.54, 1.807) is 22.6 Å². The van der Waals surface area contributed by atoms with Crippen molar-refractivity contribution in [2.75, 3.05) is 11.9 Å². The minimum atomic E-state index is -0.604. The maximum atomic E-state index is 13.8. The van der Waals surface area contributed by atoms with Crippen molar-refractivity contribution in [1.29, 1.82) is 0 Å². The number of fused-ring (bicyclic) bond motifs is 1. The van der Waals surface area contributed by atoms with Crippen LogP contribution in [0.3, 0.4) is 0 Å². The van der Waals surface area contributed by atoms with Crippen LogP contribution in [0.1, 0.15) is 44.1 Å². The molecule has 7 heteroatoms. The molecule has 2 amide bonds. The van der Waals surface area contributed by atoms with E-state index < -0.39 is 6.04 Å². The largest absolute Gasteiger partial charge is 0.492 e. The third-order valence-electron chi connectivity index (χ3n) is 6.18. The fourth-order valence-corrected chi connectivity index (χ4v) is 4.32. The van der Waals surface area contributed by atoms with Gasteiger partial charge in [0.05, 0.1) is 35.4 Å². The first-order valence-corrected chi connectivity index (χ1v) is 11.7. The van der Waals surface area contributed by atoms with Crippen molar-refractivity contribution in [3.05, 3.63) is 100 Å². The van der Waals surface area contributed by atoms with E-state index in [-0.39, 0.29) is 17.6 Å². The number of hydrogen-bond donors (Lipinski definition) is 1. The molecule has 4 aromatic rings. The minimum Gasteiger partial charge on any atom is -0.492 e. The van der Waals surface area contributed by atoms with Crippen molar-refractivity contribution >= 4 is 22.8 Å².